The van der Waals surface area contributed by atoms with E-state index in [9.17, 15) is 21.6 Å². The Morgan fingerprint density at radius 2 is 1.89 bits per heavy atom. The van der Waals surface area contributed by atoms with E-state index in [-0.39, 0.29) is 11.4 Å². The van der Waals surface area contributed by atoms with Gasteiger partial charge in [-0.15, -0.1) is 0 Å². The summed E-state index contributed by atoms with van der Waals surface area (Å²) in [6, 6.07) is 1.32. The normalized spacial score (nSPS) is 12.3. The van der Waals surface area contributed by atoms with Gasteiger partial charge in [-0.25, -0.2) is 21.6 Å². The highest BCUT2D eigenvalue weighted by atomic mass is 32.2. The summed E-state index contributed by atoms with van der Waals surface area (Å²) in [5, 5.41) is 8.87. The SMILES string of the molecule is Cc1cc(NS(=O)(=O)CCS(C)(=O)=O)c(C(=O)O)[nH]1. The summed E-state index contributed by atoms with van der Waals surface area (Å²) in [6.45, 7) is 1.57. The van der Waals surface area contributed by atoms with Crippen molar-refractivity contribution in [2.24, 2.45) is 0 Å². The van der Waals surface area contributed by atoms with E-state index in [2.05, 4.69) is 9.71 Å². The Labute approximate surface area is 110 Å². The van der Waals surface area contributed by atoms with Gasteiger partial charge in [-0.2, -0.15) is 0 Å². The standard InChI is InChI=1S/C9H14N2O6S2/c1-6-5-7(8(10-6)9(12)13)11-19(16,17)4-3-18(2,14)15/h5,10-11H,3-4H2,1-2H3,(H,12,13). The van der Waals surface area contributed by atoms with Crippen LogP contribution in [0.4, 0.5) is 5.69 Å². The zero-order valence-electron chi connectivity index (χ0n) is 10.3. The van der Waals surface area contributed by atoms with Crippen molar-refractivity contribution in [3.05, 3.63) is 17.5 Å². The van der Waals surface area contributed by atoms with Crippen LogP contribution in [-0.2, 0) is 19.9 Å². The second-order valence-electron chi connectivity index (χ2n) is 4.10. The second-order valence-corrected chi connectivity index (χ2v) is 8.20. The molecule has 1 heterocycles. The molecule has 0 aliphatic heterocycles. The lowest BCUT2D eigenvalue weighted by molar-refractivity contribution is 0.0692. The molecule has 0 aromatic carbocycles. The highest BCUT2D eigenvalue weighted by Crippen LogP contribution is 2.18. The van der Waals surface area contributed by atoms with Gasteiger partial charge in [0.15, 0.2) is 0 Å². The lowest BCUT2D eigenvalue weighted by Gasteiger charge is -2.06. The minimum absolute atomic E-state index is 0.112. The quantitative estimate of drug-likeness (QED) is 0.666. The number of aromatic amines is 1. The van der Waals surface area contributed by atoms with Crippen molar-refractivity contribution in [1.82, 2.24) is 4.98 Å². The molecule has 0 fully saturated rings. The zero-order chi connectivity index (χ0) is 14.8. The van der Waals surface area contributed by atoms with Crippen LogP contribution in [0.3, 0.4) is 0 Å². The summed E-state index contributed by atoms with van der Waals surface area (Å²) in [5.41, 5.74) is 0.0668. The van der Waals surface area contributed by atoms with Gasteiger partial charge in [-0.3, -0.25) is 4.72 Å². The van der Waals surface area contributed by atoms with Gasteiger partial charge in [0, 0.05) is 11.9 Å². The van der Waals surface area contributed by atoms with E-state index in [0.717, 1.165) is 6.26 Å². The summed E-state index contributed by atoms with van der Waals surface area (Å²) in [5.74, 6) is -2.47. The third-order valence-corrected chi connectivity index (χ3v) is 4.63. The van der Waals surface area contributed by atoms with Crippen LogP contribution in [0, 0.1) is 6.92 Å². The van der Waals surface area contributed by atoms with Crippen molar-refractivity contribution in [2.45, 2.75) is 6.92 Å². The molecule has 108 valence electrons. The molecule has 0 saturated carbocycles. The van der Waals surface area contributed by atoms with Gasteiger partial charge in [0.25, 0.3) is 0 Å². The van der Waals surface area contributed by atoms with Gasteiger partial charge in [0.1, 0.15) is 15.5 Å². The molecule has 0 radical (unpaired) electrons. The fraction of sp³-hybridized carbons (Fsp3) is 0.444. The first-order chi connectivity index (χ1) is 8.50. The molecule has 1 aromatic rings. The Hall–Kier alpha value is -1.55. The first-order valence-electron chi connectivity index (χ1n) is 5.11. The molecule has 10 heteroatoms. The van der Waals surface area contributed by atoms with Crippen molar-refractivity contribution in [1.29, 1.82) is 0 Å². The average molecular weight is 310 g/mol. The molecule has 0 spiro atoms. The van der Waals surface area contributed by atoms with Gasteiger partial charge in [0.05, 0.1) is 17.2 Å². The minimum atomic E-state index is -3.92. The van der Waals surface area contributed by atoms with Gasteiger partial charge in [0.2, 0.25) is 10.0 Å². The molecule has 0 saturated heterocycles. The topological polar surface area (TPSA) is 133 Å². The summed E-state index contributed by atoms with van der Waals surface area (Å²) >= 11 is 0. The monoisotopic (exact) mass is 310 g/mol. The Bertz CT molecular complexity index is 686. The lowest BCUT2D eigenvalue weighted by atomic mass is 10.4. The van der Waals surface area contributed by atoms with Crippen molar-refractivity contribution in [2.75, 3.05) is 22.5 Å². The van der Waals surface area contributed by atoms with E-state index in [1.54, 1.807) is 6.92 Å². The molecule has 3 N–H and O–H groups in total. The van der Waals surface area contributed by atoms with Crippen LogP contribution in [-0.4, -0.2) is 50.7 Å². The average Bonchev–Trinajstić information content (AvgIpc) is 2.55. The molecule has 0 aliphatic rings. The molecule has 8 nitrogen and oxygen atoms in total. The van der Waals surface area contributed by atoms with E-state index in [0.29, 0.717) is 5.69 Å². The Morgan fingerprint density at radius 3 is 2.37 bits per heavy atom. The summed E-state index contributed by atoms with van der Waals surface area (Å²) in [6.07, 6.45) is 0.922. The number of H-pyrrole nitrogens is 1. The molecule has 0 unspecified atom stereocenters. The number of sulfone groups is 1. The highest BCUT2D eigenvalue weighted by molar-refractivity contribution is 7.95. The van der Waals surface area contributed by atoms with Crippen LogP contribution in [0.25, 0.3) is 0 Å². The number of aryl methyl sites for hydroxylation is 1. The predicted octanol–water partition coefficient (Wildman–Crippen LogP) is -0.192. The fourth-order valence-corrected chi connectivity index (χ4v) is 4.00. The zero-order valence-corrected chi connectivity index (χ0v) is 11.9. The third kappa shape index (κ3) is 4.91. The Kier molecular flexibility index (Phi) is 4.25. The number of aromatic carboxylic acids is 1. The summed E-state index contributed by atoms with van der Waals surface area (Å²) in [7, 11) is -7.34. The Morgan fingerprint density at radius 1 is 1.32 bits per heavy atom. The number of carboxylic acids is 1. The van der Waals surface area contributed by atoms with E-state index in [1.807, 2.05) is 0 Å². The fourth-order valence-electron chi connectivity index (χ4n) is 1.32. The third-order valence-electron chi connectivity index (χ3n) is 2.15. The van der Waals surface area contributed by atoms with E-state index >= 15 is 0 Å². The number of rotatable bonds is 6. The molecule has 0 atom stereocenters. The summed E-state index contributed by atoms with van der Waals surface area (Å²) < 4.78 is 47.2. The maximum atomic E-state index is 11.6. The molecule has 19 heavy (non-hydrogen) atoms. The van der Waals surface area contributed by atoms with Crippen molar-refractivity contribution in [3.8, 4) is 0 Å². The van der Waals surface area contributed by atoms with Crippen molar-refractivity contribution in [3.63, 3.8) is 0 Å². The number of carbonyl (C=O) groups is 1. The van der Waals surface area contributed by atoms with Crippen molar-refractivity contribution >= 4 is 31.5 Å². The number of anilines is 1. The minimum Gasteiger partial charge on any atom is -0.477 e. The van der Waals surface area contributed by atoms with Gasteiger partial charge in [-0.05, 0) is 13.0 Å². The molecular formula is C9H14N2O6S2. The first kappa shape index (κ1) is 15.5. The number of aromatic nitrogens is 1. The summed E-state index contributed by atoms with van der Waals surface area (Å²) in [4.78, 5) is 13.4. The maximum Gasteiger partial charge on any atom is 0.354 e. The molecule has 0 amide bonds. The Balaban J connectivity index is 2.93. The number of hydrogen-bond acceptors (Lipinski definition) is 5. The molecule has 1 rings (SSSR count). The first-order valence-corrected chi connectivity index (χ1v) is 8.82. The van der Waals surface area contributed by atoms with Crippen LogP contribution in [0.15, 0.2) is 6.07 Å². The van der Waals surface area contributed by atoms with Crippen molar-refractivity contribution < 1.29 is 26.7 Å². The smallest absolute Gasteiger partial charge is 0.354 e. The highest BCUT2D eigenvalue weighted by Gasteiger charge is 2.20. The number of hydrogen-bond donors (Lipinski definition) is 3. The van der Waals surface area contributed by atoms with Crippen LogP contribution < -0.4 is 4.72 Å². The molecule has 1 aromatic heterocycles. The predicted molar refractivity (Wildman–Crippen MR) is 69.6 cm³/mol. The largest absolute Gasteiger partial charge is 0.477 e. The second kappa shape index (κ2) is 5.21. The number of sulfonamides is 1. The molecular weight excluding hydrogens is 296 g/mol. The number of carboxylic acid groups (broad SMARTS) is 1. The molecule has 0 aliphatic carbocycles. The van der Waals surface area contributed by atoms with Gasteiger partial charge >= 0.3 is 5.97 Å². The van der Waals surface area contributed by atoms with Crippen LogP contribution >= 0.6 is 0 Å². The van der Waals surface area contributed by atoms with E-state index in [1.165, 1.54) is 6.07 Å². The van der Waals surface area contributed by atoms with Crippen LogP contribution in [0.5, 0.6) is 0 Å². The maximum absolute atomic E-state index is 11.6. The van der Waals surface area contributed by atoms with E-state index in [4.69, 9.17) is 5.11 Å². The molecule has 0 bridgehead atoms. The lowest BCUT2D eigenvalue weighted by Crippen LogP contribution is -2.23. The van der Waals surface area contributed by atoms with Gasteiger partial charge in [-0.1, -0.05) is 0 Å². The van der Waals surface area contributed by atoms with Gasteiger partial charge < -0.3 is 10.1 Å². The van der Waals surface area contributed by atoms with E-state index < -0.39 is 37.3 Å². The van der Waals surface area contributed by atoms with Crippen LogP contribution in [0.2, 0.25) is 0 Å². The van der Waals surface area contributed by atoms with Crippen LogP contribution in [0.1, 0.15) is 16.2 Å². The number of nitrogens with one attached hydrogen (secondary N) is 2.